The summed E-state index contributed by atoms with van der Waals surface area (Å²) >= 11 is 1.18. The maximum absolute atomic E-state index is 12.2. The Hall–Kier alpha value is -2.02. The van der Waals surface area contributed by atoms with Crippen LogP contribution in [0.5, 0.6) is 11.5 Å². The third kappa shape index (κ3) is 5.99. The molecule has 0 aliphatic carbocycles. The van der Waals surface area contributed by atoms with Gasteiger partial charge >= 0.3 is 5.97 Å². The Morgan fingerprint density at radius 3 is 2.30 bits per heavy atom. The molecule has 0 aliphatic heterocycles. The summed E-state index contributed by atoms with van der Waals surface area (Å²) in [5.41, 5.74) is 2.49. The Bertz CT molecular complexity index is 758. The fourth-order valence-corrected chi connectivity index (χ4v) is 3.26. The van der Waals surface area contributed by atoms with Crippen molar-refractivity contribution < 1.29 is 18.6 Å². The number of hydroxylamine groups is 2. The number of rotatable bonds is 9. The van der Waals surface area contributed by atoms with Crippen LogP contribution in [0, 0.1) is 13.8 Å². The molecule has 5 nitrogen and oxygen atoms in total. The SMILES string of the molecule is CCOC(=O)c1cc(C)c(Oc2ccc(C)cc2)c(SON(CC)CC)c1. The Morgan fingerprint density at radius 2 is 1.70 bits per heavy atom. The predicted molar refractivity (Wildman–Crippen MR) is 108 cm³/mol. The molecule has 146 valence electrons. The molecule has 0 aromatic heterocycles. The van der Waals surface area contributed by atoms with Gasteiger partial charge in [0, 0.05) is 13.1 Å². The monoisotopic (exact) mass is 389 g/mol. The average molecular weight is 390 g/mol. The number of esters is 1. The second kappa shape index (κ2) is 10.3. The Labute approximate surface area is 165 Å². The van der Waals surface area contributed by atoms with Gasteiger partial charge in [0.15, 0.2) is 0 Å². The van der Waals surface area contributed by atoms with Crippen molar-refractivity contribution in [3.63, 3.8) is 0 Å². The summed E-state index contributed by atoms with van der Waals surface area (Å²) in [6.45, 7) is 11.6. The minimum atomic E-state index is -0.354. The largest absolute Gasteiger partial charge is 0.462 e. The predicted octanol–water partition coefficient (Wildman–Crippen LogP) is 5.55. The molecule has 0 N–H and O–H groups in total. The maximum atomic E-state index is 12.2. The van der Waals surface area contributed by atoms with Crippen LogP contribution in [0.15, 0.2) is 41.3 Å². The van der Waals surface area contributed by atoms with Gasteiger partial charge in [0.2, 0.25) is 0 Å². The van der Waals surface area contributed by atoms with Gasteiger partial charge in [-0.1, -0.05) is 31.5 Å². The van der Waals surface area contributed by atoms with Gasteiger partial charge in [0.05, 0.1) is 29.1 Å². The second-order valence-electron chi connectivity index (χ2n) is 6.03. The first kappa shape index (κ1) is 21.3. The fraction of sp³-hybridized carbons (Fsp3) is 0.381. The van der Waals surface area contributed by atoms with E-state index in [2.05, 4.69) is 0 Å². The standard InChI is InChI=1S/C21H27NO4S/c1-6-22(7-2)26-27-19-14-17(21(23)24-8-3)13-16(5)20(19)25-18-11-9-15(4)10-12-18/h9-14H,6-8H2,1-5H3. The number of aryl methyl sites for hydroxylation is 2. The fourth-order valence-electron chi connectivity index (χ4n) is 2.41. The van der Waals surface area contributed by atoms with Crippen molar-refractivity contribution in [2.45, 2.75) is 39.5 Å². The number of hydrogen-bond acceptors (Lipinski definition) is 6. The molecule has 0 radical (unpaired) electrons. The molecule has 27 heavy (non-hydrogen) atoms. The van der Waals surface area contributed by atoms with Gasteiger partial charge in [-0.15, -0.1) is 0 Å². The number of ether oxygens (including phenoxy) is 2. The van der Waals surface area contributed by atoms with E-state index in [-0.39, 0.29) is 5.97 Å². The van der Waals surface area contributed by atoms with Crippen LogP contribution in [-0.4, -0.2) is 30.7 Å². The molecule has 2 aromatic rings. The molecule has 0 unspecified atom stereocenters. The highest BCUT2D eigenvalue weighted by atomic mass is 32.2. The van der Waals surface area contributed by atoms with E-state index in [0.29, 0.717) is 17.9 Å². The summed E-state index contributed by atoms with van der Waals surface area (Å²) in [5.74, 6) is 1.05. The minimum absolute atomic E-state index is 0.331. The van der Waals surface area contributed by atoms with E-state index in [0.717, 1.165) is 34.9 Å². The molecule has 2 rings (SSSR count). The van der Waals surface area contributed by atoms with Crippen molar-refractivity contribution in [3.8, 4) is 11.5 Å². The maximum Gasteiger partial charge on any atom is 0.338 e. The van der Waals surface area contributed by atoms with E-state index < -0.39 is 0 Å². The van der Waals surface area contributed by atoms with Crippen molar-refractivity contribution >= 4 is 18.0 Å². The molecule has 0 bridgehead atoms. The van der Waals surface area contributed by atoms with Gasteiger partial charge in [-0.2, -0.15) is 5.06 Å². The van der Waals surface area contributed by atoms with Crippen LogP contribution in [0.4, 0.5) is 0 Å². The highest BCUT2D eigenvalue weighted by Crippen LogP contribution is 2.38. The number of carbonyl (C=O) groups is 1. The number of nitrogens with zero attached hydrogens (tertiary/aromatic N) is 1. The highest BCUT2D eigenvalue weighted by Gasteiger charge is 2.17. The zero-order chi connectivity index (χ0) is 19.8. The van der Waals surface area contributed by atoms with Crippen LogP contribution >= 0.6 is 12.0 Å². The first-order valence-corrected chi connectivity index (χ1v) is 9.88. The van der Waals surface area contributed by atoms with E-state index in [1.165, 1.54) is 12.0 Å². The molecule has 2 aromatic carbocycles. The summed E-state index contributed by atoms with van der Waals surface area (Å²) in [7, 11) is 0. The summed E-state index contributed by atoms with van der Waals surface area (Å²) in [5, 5.41) is 1.83. The molecule has 0 fully saturated rings. The first-order valence-electron chi connectivity index (χ1n) is 9.14. The third-order valence-electron chi connectivity index (χ3n) is 3.93. The third-order valence-corrected chi connectivity index (χ3v) is 4.70. The second-order valence-corrected chi connectivity index (χ2v) is 6.78. The number of hydrogen-bond donors (Lipinski definition) is 0. The van der Waals surface area contributed by atoms with Crippen LogP contribution in [-0.2, 0) is 9.02 Å². The molecule has 0 saturated carbocycles. The zero-order valence-corrected chi connectivity index (χ0v) is 17.4. The van der Waals surface area contributed by atoms with Crippen molar-refractivity contribution in [2.75, 3.05) is 19.7 Å². The lowest BCUT2D eigenvalue weighted by Gasteiger charge is -2.19. The van der Waals surface area contributed by atoms with Crippen molar-refractivity contribution in [3.05, 3.63) is 53.1 Å². The number of benzene rings is 2. The van der Waals surface area contributed by atoms with E-state index in [9.17, 15) is 4.79 Å². The Balaban J connectivity index is 2.36. The van der Waals surface area contributed by atoms with Crippen LogP contribution in [0.1, 0.15) is 42.3 Å². The molecular formula is C21H27NO4S. The van der Waals surface area contributed by atoms with E-state index in [4.69, 9.17) is 13.8 Å². The number of carbonyl (C=O) groups excluding carboxylic acids is 1. The summed E-state index contributed by atoms with van der Waals surface area (Å²) in [6.07, 6.45) is 0. The summed E-state index contributed by atoms with van der Waals surface area (Å²) in [6, 6.07) is 11.4. The zero-order valence-electron chi connectivity index (χ0n) is 16.6. The summed E-state index contributed by atoms with van der Waals surface area (Å²) < 4.78 is 17.0. The first-order chi connectivity index (χ1) is 13.0. The molecular weight excluding hydrogens is 362 g/mol. The molecule has 0 aliphatic rings. The minimum Gasteiger partial charge on any atom is -0.462 e. The normalized spacial score (nSPS) is 10.9. The van der Waals surface area contributed by atoms with E-state index in [1.54, 1.807) is 19.1 Å². The van der Waals surface area contributed by atoms with Gasteiger partial charge in [0.25, 0.3) is 0 Å². The van der Waals surface area contributed by atoms with Crippen molar-refractivity contribution in [1.82, 2.24) is 5.06 Å². The van der Waals surface area contributed by atoms with Crippen LogP contribution in [0.3, 0.4) is 0 Å². The van der Waals surface area contributed by atoms with Gasteiger partial charge in [-0.05, 0) is 50.6 Å². The van der Waals surface area contributed by atoms with Gasteiger partial charge in [-0.3, -0.25) is 0 Å². The van der Waals surface area contributed by atoms with E-state index >= 15 is 0 Å². The van der Waals surface area contributed by atoms with E-state index in [1.807, 2.05) is 57.0 Å². The quantitative estimate of drug-likeness (QED) is 0.318. The van der Waals surface area contributed by atoms with Gasteiger partial charge in [-0.25, -0.2) is 9.08 Å². The van der Waals surface area contributed by atoms with Gasteiger partial charge < -0.3 is 9.47 Å². The van der Waals surface area contributed by atoms with Gasteiger partial charge in [0.1, 0.15) is 11.5 Å². The highest BCUT2D eigenvalue weighted by molar-refractivity contribution is 7.94. The molecule has 6 heteroatoms. The van der Waals surface area contributed by atoms with Crippen LogP contribution < -0.4 is 4.74 Å². The van der Waals surface area contributed by atoms with Crippen molar-refractivity contribution in [2.24, 2.45) is 0 Å². The smallest absolute Gasteiger partial charge is 0.338 e. The lowest BCUT2D eigenvalue weighted by molar-refractivity contribution is -0.0266. The van der Waals surface area contributed by atoms with Crippen LogP contribution in [0.2, 0.25) is 0 Å². The molecule has 0 atom stereocenters. The lowest BCUT2D eigenvalue weighted by atomic mass is 10.1. The van der Waals surface area contributed by atoms with Crippen LogP contribution in [0.25, 0.3) is 0 Å². The average Bonchev–Trinajstić information content (AvgIpc) is 2.66. The Morgan fingerprint density at radius 1 is 1.04 bits per heavy atom. The molecule has 0 amide bonds. The lowest BCUT2D eigenvalue weighted by Crippen LogP contribution is -2.19. The Kier molecular flexibility index (Phi) is 8.16. The molecule has 0 spiro atoms. The molecule has 0 heterocycles. The topological polar surface area (TPSA) is 48.0 Å². The molecule has 0 saturated heterocycles. The summed E-state index contributed by atoms with van der Waals surface area (Å²) in [4.78, 5) is 12.9. The van der Waals surface area contributed by atoms with Crippen molar-refractivity contribution in [1.29, 1.82) is 0 Å².